The molecule has 0 radical (unpaired) electrons. The Morgan fingerprint density at radius 1 is 0.385 bits per heavy atom. The van der Waals surface area contributed by atoms with Crippen LogP contribution in [0.3, 0.4) is 0 Å². The molecule has 0 saturated heterocycles. The number of carbonyl (C=O) groups is 1. The number of amides is 1. The molecule has 0 aromatic carbocycles. The van der Waals surface area contributed by atoms with Gasteiger partial charge >= 0.3 is 0 Å². The van der Waals surface area contributed by atoms with E-state index in [4.69, 9.17) is 0 Å². The monoisotopic (exact) mass is 894 g/mol. The number of allylic oxidation sites excluding steroid dienone is 23. The molecule has 0 bridgehead atoms. The summed E-state index contributed by atoms with van der Waals surface area (Å²) >= 11 is 0. The van der Waals surface area contributed by atoms with E-state index < -0.39 is 12.1 Å². The van der Waals surface area contributed by atoms with Crippen LogP contribution in [0.4, 0.5) is 0 Å². The van der Waals surface area contributed by atoms with Crippen molar-refractivity contribution in [2.24, 2.45) is 0 Å². The molecule has 2 unspecified atom stereocenters. The summed E-state index contributed by atoms with van der Waals surface area (Å²) in [5.74, 6) is -0.0872. The molecule has 366 valence electrons. The second kappa shape index (κ2) is 54.6. The Morgan fingerprint density at radius 3 is 1.08 bits per heavy atom. The van der Waals surface area contributed by atoms with Crippen molar-refractivity contribution in [3.8, 4) is 0 Å². The Balaban J connectivity index is 3.59. The first kappa shape index (κ1) is 61.3. The van der Waals surface area contributed by atoms with E-state index in [1.807, 2.05) is 6.08 Å². The maximum absolute atomic E-state index is 12.4. The molecule has 0 saturated carbocycles. The van der Waals surface area contributed by atoms with Gasteiger partial charge in [0.2, 0.25) is 5.91 Å². The van der Waals surface area contributed by atoms with E-state index in [0.29, 0.717) is 6.42 Å². The normalized spacial score (nSPS) is 14.1. The average Bonchev–Trinajstić information content (AvgIpc) is 3.31. The molecule has 3 N–H and O–H groups in total. The van der Waals surface area contributed by atoms with Gasteiger partial charge in [-0.1, -0.05) is 243 Å². The lowest BCUT2D eigenvalue weighted by atomic mass is 10.0. The average molecular weight is 894 g/mol. The summed E-state index contributed by atoms with van der Waals surface area (Å²) in [4.78, 5) is 12.4. The predicted molar refractivity (Wildman–Crippen MR) is 289 cm³/mol. The van der Waals surface area contributed by atoms with Gasteiger partial charge in [-0.15, -0.1) is 0 Å². The Hall–Kier alpha value is -3.73. The van der Waals surface area contributed by atoms with Crippen LogP contribution in [0.5, 0.6) is 0 Å². The van der Waals surface area contributed by atoms with Crippen molar-refractivity contribution in [2.75, 3.05) is 6.61 Å². The molecule has 0 rings (SSSR count). The summed E-state index contributed by atoms with van der Waals surface area (Å²) in [6.07, 6.45) is 87.1. The summed E-state index contributed by atoms with van der Waals surface area (Å²) in [5.41, 5.74) is 0. The number of aliphatic hydroxyl groups is 2. The van der Waals surface area contributed by atoms with E-state index in [-0.39, 0.29) is 12.5 Å². The third-order valence-electron chi connectivity index (χ3n) is 11.0. The lowest BCUT2D eigenvalue weighted by Gasteiger charge is -2.19. The van der Waals surface area contributed by atoms with Gasteiger partial charge in [0.1, 0.15) is 0 Å². The second-order valence-corrected chi connectivity index (χ2v) is 17.2. The first-order valence-corrected chi connectivity index (χ1v) is 26.5. The van der Waals surface area contributed by atoms with Gasteiger partial charge in [0.15, 0.2) is 0 Å². The van der Waals surface area contributed by atoms with E-state index in [9.17, 15) is 15.0 Å². The minimum absolute atomic E-state index is 0.0872. The van der Waals surface area contributed by atoms with Gasteiger partial charge in [-0.2, -0.15) is 0 Å². The summed E-state index contributed by atoms with van der Waals surface area (Å²) in [5, 5.41) is 23.0. The fourth-order valence-corrected chi connectivity index (χ4v) is 7.01. The lowest BCUT2D eigenvalue weighted by molar-refractivity contribution is -0.123. The molecular formula is C61H99NO3. The molecule has 0 aliphatic heterocycles. The van der Waals surface area contributed by atoms with Crippen molar-refractivity contribution in [1.82, 2.24) is 5.32 Å². The van der Waals surface area contributed by atoms with Crippen LogP contribution in [0.1, 0.15) is 213 Å². The zero-order valence-electron chi connectivity index (χ0n) is 41.9. The zero-order chi connectivity index (χ0) is 47.0. The summed E-state index contributed by atoms with van der Waals surface area (Å²) in [6, 6.07) is -0.653. The van der Waals surface area contributed by atoms with Crippen LogP contribution >= 0.6 is 0 Å². The Kier molecular flexibility index (Phi) is 51.5. The highest BCUT2D eigenvalue weighted by atomic mass is 16.3. The first-order valence-electron chi connectivity index (χ1n) is 26.5. The molecule has 0 aromatic heterocycles. The Morgan fingerprint density at radius 2 is 0.692 bits per heavy atom. The summed E-state index contributed by atoms with van der Waals surface area (Å²) in [7, 11) is 0. The van der Waals surface area contributed by atoms with E-state index >= 15 is 0 Å². The van der Waals surface area contributed by atoms with Crippen LogP contribution in [0.25, 0.3) is 0 Å². The number of hydrogen-bond donors (Lipinski definition) is 3. The van der Waals surface area contributed by atoms with Crippen LogP contribution < -0.4 is 5.32 Å². The third-order valence-corrected chi connectivity index (χ3v) is 11.0. The van der Waals surface area contributed by atoms with Crippen molar-refractivity contribution < 1.29 is 15.0 Å². The van der Waals surface area contributed by atoms with Crippen molar-refractivity contribution >= 4 is 5.91 Å². The number of aliphatic hydroxyl groups excluding tert-OH is 2. The van der Waals surface area contributed by atoms with E-state index in [0.717, 1.165) is 96.3 Å². The van der Waals surface area contributed by atoms with Crippen LogP contribution in [0.15, 0.2) is 146 Å². The molecule has 65 heavy (non-hydrogen) atoms. The standard InChI is InChI=1S/C61H99NO3/c1-3-5-7-9-11-13-15-17-18-19-20-21-22-23-24-25-26-27-28-29-30-31-32-33-34-35-36-37-38-39-40-41-42-43-44-45-47-49-51-53-55-57-61(65)62-59(58-63)60(64)56-54-52-50-48-46-16-14-12-10-8-6-4-2/h5,7,10-13,17-18,20-21,23-24,26-27,29-30,32-33,35-36,46,48,54,56,59-60,63-64H,3-4,6,8-9,14-16,19,22,25,28,31,34,37-45,47,49-53,55,57-58H2,1-2H3,(H,62,65)/b7-5-,12-10+,13-11-,18-17-,21-20-,24-23-,27-26-,30-29-,33-32-,36-35-,48-46+,56-54+. The smallest absolute Gasteiger partial charge is 0.220 e. The Labute approximate surface area is 402 Å². The fourth-order valence-electron chi connectivity index (χ4n) is 7.01. The number of nitrogens with one attached hydrogen (secondary N) is 1. The van der Waals surface area contributed by atoms with Crippen molar-refractivity contribution in [3.05, 3.63) is 146 Å². The third kappa shape index (κ3) is 51.1. The van der Waals surface area contributed by atoms with Crippen molar-refractivity contribution in [2.45, 2.75) is 225 Å². The van der Waals surface area contributed by atoms with Crippen LogP contribution in [0.2, 0.25) is 0 Å². The number of rotatable bonds is 46. The maximum Gasteiger partial charge on any atom is 0.220 e. The molecule has 0 spiro atoms. The largest absolute Gasteiger partial charge is 0.394 e. The molecule has 1 amide bonds. The van der Waals surface area contributed by atoms with Gasteiger partial charge in [0, 0.05) is 6.42 Å². The second-order valence-electron chi connectivity index (χ2n) is 17.2. The molecule has 0 aliphatic rings. The summed E-state index contributed by atoms with van der Waals surface area (Å²) < 4.78 is 0. The van der Waals surface area contributed by atoms with Gasteiger partial charge in [-0.25, -0.2) is 0 Å². The minimum atomic E-state index is -0.877. The zero-order valence-corrected chi connectivity index (χ0v) is 41.9. The molecule has 0 fully saturated rings. The van der Waals surface area contributed by atoms with E-state index in [1.54, 1.807) is 6.08 Å². The number of unbranched alkanes of at least 4 members (excludes halogenated alkanes) is 17. The number of hydrogen-bond acceptors (Lipinski definition) is 3. The molecule has 2 atom stereocenters. The fraction of sp³-hybridized carbons (Fsp3) is 0.590. The highest BCUT2D eigenvalue weighted by molar-refractivity contribution is 5.76. The molecule has 0 aromatic rings. The van der Waals surface area contributed by atoms with Crippen molar-refractivity contribution in [3.63, 3.8) is 0 Å². The van der Waals surface area contributed by atoms with Gasteiger partial charge < -0.3 is 15.5 Å². The molecule has 0 heterocycles. The van der Waals surface area contributed by atoms with Crippen LogP contribution in [-0.2, 0) is 4.79 Å². The Bertz CT molecular complexity index is 1380. The van der Waals surface area contributed by atoms with Crippen LogP contribution in [-0.4, -0.2) is 34.9 Å². The lowest BCUT2D eigenvalue weighted by Crippen LogP contribution is -2.45. The summed E-state index contributed by atoms with van der Waals surface area (Å²) in [6.45, 7) is 4.11. The van der Waals surface area contributed by atoms with Crippen molar-refractivity contribution in [1.29, 1.82) is 0 Å². The van der Waals surface area contributed by atoms with E-state index in [1.165, 1.54) is 96.3 Å². The molecular weight excluding hydrogens is 795 g/mol. The van der Waals surface area contributed by atoms with Crippen LogP contribution in [0, 0.1) is 0 Å². The topological polar surface area (TPSA) is 69.6 Å². The van der Waals surface area contributed by atoms with Gasteiger partial charge in [0.25, 0.3) is 0 Å². The first-order chi connectivity index (χ1) is 32.2. The minimum Gasteiger partial charge on any atom is -0.394 e. The molecule has 4 heteroatoms. The SMILES string of the molecule is CC/C=C\C/C=C\C/C=C\C/C=C\C/C=C\C/C=C\C/C=C\C/C=C\C/C=C\CCCCCCCCCCCCCCCC(=O)NC(CO)C(O)/C=C/CC/C=C/CC/C=C/CCCC. The predicted octanol–water partition coefficient (Wildman–Crippen LogP) is 17.6. The molecule has 0 aliphatic carbocycles. The van der Waals surface area contributed by atoms with Gasteiger partial charge in [-0.3, -0.25) is 4.79 Å². The van der Waals surface area contributed by atoms with E-state index in [2.05, 4.69) is 153 Å². The molecule has 4 nitrogen and oxygen atoms in total. The maximum atomic E-state index is 12.4. The number of carbonyl (C=O) groups excluding carboxylic acids is 1. The van der Waals surface area contributed by atoms with Gasteiger partial charge in [-0.05, 0) is 109 Å². The highest BCUT2D eigenvalue weighted by Crippen LogP contribution is 2.14. The quantitative estimate of drug-likeness (QED) is 0.0421. The highest BCUT2D eigenvalue weighted by Gasteiger charge is 2.17. The van der Waals surface area contributed by atoms with Gasteiger partial charge in [0.05, 0.1) is 18.8 Å².